The maximum absolute atomic E-state index is 3.47. The average molecular weight is 222 g/mol. The van der Waals surface area contributed by atoms with Crippen molar-refractivity contribution in [2.75, 3.05) is 26.2 Å². The van der Waals surface area contributed by atoms with E-state index in [0.29, 0.717) is 0 Å². The van der Waals surface area contributed by atoms with Gasteiger partial charge in [0.1, 0.15) is 0 Å². The zero-order valence-corrected chi connectivity index (χ0v) is 10.7. The second kappa shape index (κ2) is 4.30. The maximum atomic E-state index is 3.47. The lowest BCUT2D eigenvalue weighted by Crippen LogP contribution is -2.62. The molecule has 16 heavy (non-hydrogen) atoms. The Bertz CT molecular complexity index is 229. The Labute approximate surface area is 99.8 Å². The van der Waals surface area contributed by atoms with Gasteiger partial charge >= 0.3 is 0 Å². The third-order valence-corrected chi connectivity index (χ3v) is 5.24. The number of nitrogens with zero attached hydrogens (tertiary/aromatic N) is 1. The molecule has 2 heteroatoms. The minimum atomic E-state index is 0.761. The summed E-state index contributed by atoms with van der Waals surface area (Å²) in [7, 11) is 0. The molecule has 92 valence electrons. The summed E-state index contributed by atoms with van der Waals surface area (Å²) in [6.45, 7) is 7.75. The number of hydrogen-bond acceptors (Lipinski definition) is 2. The summed E-state index contributed by atoms with van der Waals surface area (Å²) in [6.07, 6.45) is 8.75. The van der Waals surface area contributed by atoms with E-state index in [1.807, 2.05) is 0 Å². The summed E-state index contributed by atoms with van der Waals surface area (Å²) < 4.78 is 0. The van der Waals surface area contributed by atoms with Crippen molar-refractivity contribution in [2.24, 2.45) is 11.3 Å². The van der Waals surface area contributed by atoms with Crippen molar-refractivity contribution in [3.05, 3.63) is 0 Å². The van der Waals surface area contributed by atoms with Gasteiger partial charge in [-0.25, -0.2) is 0 Å². The first-order valence-electron chi connectivity index (χ1n) is 7.22. The van der Waals surface area contributed by atoms with Gasteiger partial charge in [-0.05, 0) is 50.1 Å². The van der Waals surface area contributed by atoms with Gasteiger partial charge in [0.05, 0.1) is 0 Å². The smallest absolute Gasteiger partial charge is 0.0120 e. The summed E-state index contributed by atoms with van der Waals surface area (Å²) in [5.74, 6) is 0.999. The molecule has 2 heterocycles. The summed E-state index contributed by atoms with van der Waals surface area (Å²) >= 11 is 0. The minimum absolute atomic E-state index is 0.761. The van der Waals surface area contributed by atoms with Crippen LogP contribution in [0.2, 0.25) is 0 Å². The number of likely N-dealkylation sites (tertiary alicyclic amines) is 1. The molecular formula is C14H26N2. The van der Waals surface area contributed by atoms with Crippen LogP contribution in [0.15, 0.2) is 0 Å². The molecule has 1 spiro atoms. The van der Waals surface area contributed by atoms with Gasteiger partial charge in [-0.3, -0.25) is 4.90 Å². The lowest BCUT2D eigenvalue weighted by atomic mass is 9.65. The standard InChI is InChI=1S/C14H26N2/c1-12-2-6-14(7-3-12)10-16(11-14)13-4-8-15-9-5-13/h12-13,15H,2-11H2,1H3. The largest absolute Gasteiger partial charge is 0.317 e. The van der Waals surface area contributed by atoms with E-state index < -0.39 is 0 Å². The first-order chi connectivity index (χ1) is 7.77. The fourth-order valence-corrected chi connectivity index (χ4v) is 3.94. The van der Waals surface area contributed by atoms with Crippen LogP contribution in [-0.4, -0.2) is 37.1 Å². The lowest BCUT2D eigenvalue weighted by Gasteiger charge is -2.56. The number of rotatable bonds is 1. The fraction of sp³-hybridized carbons (Fsp3) is 1.00. The Hall–Kier alpha value is -0.0800. The van der Waals surface area contributed by atoms with Crippen LogP contribution >= 0.6 is 0 Å². The van der Waals surface area contributed by atoms with Crippen molar-refractivity contribution in [3.8, 4) is 0 Å². The van der Waals surface area contributed by atoms with Gasteiger partial charge in [0.2, 0.25) is 0 Å². The van der Waals surface area contributed by atoms with Crippen molar-refractivity contribution < 1.29 is 0 Å². The van der Waals surface area contributed by atoms with Gasteiger partial charge in [-0.15, -0.1) is 0 Å². The Morgan fingerprint density at radius 2 is 1.62 bits per heavy atom. The van der Waals surface area contributed by atoms with E-state index in [0.717, 1.165) is 17.4 Å². The van der Waals surface area contributed by atoms with Gasteiger partial charge in [0, 0.05) is 19.1 Å². The number of piperidine rings is 1. The topological polar surface area (TPSA) is 15.3 Å². The van der Waals surface area contributed by atoms with Gasteiger partial charge < -0.3 is 5.32 Å². The molecule has 3 fully saturated rings. The van der Waals surface area contributed by atoms with Crippen LogP contribution in [0.25, 0.3) is 0 Å². The molecule has 3 aliphatic rings. The molecule has 0 radical (unpaired) electrons. The van der Waals surface area contributed by atoms with E-state index in [2.05, 4.69) is 17.1 Å². The van der Waals surface area contributed by atoms with Crippen molar-refractivity contribution in [1.82, 2.24) is 10.2 Å². The monoisotopic (exact) mass is 222 g/mol. The van der Waals surface area contributed by atoms with Crippen LogP contribution < -0.4 is 5.32 Å². The average Bonchev–Trinajstić information content (AvgIpc) is 2.29. The molecule has 0 unspecified atom stereocenters. The maximum Gasteiger partial charge on any atom is 0.0120 e. The number of hydrogen-bond donors (Lipinski definition) is 1. The molecule has 2 saturated heterocycles. The molecule has 0 aromatic heterocycles. The Balaban J connectivity index is 1.49. The van der Waals surface area contributed by atoms with Crippen molar-refractivity contribution in [2.45, 2.75) is 51.5 Å². The van der Waals surface area contributed by atoms with Crippen LogP contribution in [0.1, 0.15) is 45.4 Å². The molecule has 0 atom stereocenters. The Kier molecular flexibility index (Phi) is 2.97. The summed E-state index contributed by atoms with van der Waals surface area (Å²) in [6, 6.07) is 0.909. The van der Waals surface area contributed by atoms with Crippen LogP contribution in [0.4, 0.5) is 0 Å². The van der Waals surface area contributed by atoms with E-state index in [-0.39, 0.29) is 0 Å². The Morgan fingerprint density at radius 3 is 2.25 bits per heavy atom. The fourth-order valence-electron chi connectivity index (χ4n) is 3.94. The lowest BCUT2D eigenvalue weighted by molar-refractivity contribution is -0.0674. The SMILES string of the molecule is CC1CCC2(CC1)CN(C1CCNCC1)C2. The van der Waals surface area contributed by atoms with Crippen molar-refractivity contribution in [1.29, 1.82) is 0 Å². The highest BCUT2D eigenvalue weighted by molar-refractivity contribution is 5.00. The Morgan fingerprint density at radius 1 is 1.00 bits per heavy atom. The number of nitrogens with one attached hydrogen (secondary N) is 1. The molecule has 1 aliphatic carbocycles. The molecule has 0 bridgehead atoms. The molecule has 3 rings (SSSR count). The summed E-state index contributed by atoms with van der Waals surface area (Å²) in [5, 5.41) is 3.47. The molecule has 0 aromatic rings. The third kappa shape index (κ3) is 2.02. The van der Waals surface area contributed by atoms with Crippen LogP contribution in [0.3, 0.4) is 0 Å². The van der Waals surface area contributed by atoms with Crippen molar-refractivity contribution >= 4 is 0 Å². The first kappa shape index (κ1) is 11.0. The quantitative estimate of drug-likeness (QED) is 0.732. The highest BCUT2D eigenvalue weighted by Gasteiger charge is 2.46. The van der Waals surface area contributed by atoms with E-state index >= 15 is 0 Å². The summed E-state index contributed by atoms with van der Waals surface area (Å²) in [5.41, 5.74) is 0.761. The first-order valence-corrected chi connectivity index (χ1v) is 7.22. The predicted octanol–water partition coefficient (Wildman–Crippen LogP) is 2.25. The molecule has 1 N–H and O–H groups in total. The molecule has 1 saturated carbocycles. The van der Waals surface area contributed by atoms with Gasteiger partial charge in [0.15, 0.2) is 0 Å². The third-order valence-electron chi connectivity index (χ3n) is 5.24. The van der Waals surface area contributed by atoms with Crippen LogP contribution in [0, 0.1) is 11.3 Å². The highest BCUT2D eigenvalue weighted by Crippen LogP contribution is 2.46. The van der Waals surface area contributed by atoms with Gasteiger partial charge in [0.25, 0.3) is 0 Å². The van der Waals surface area contributed by atoms with E-state index in [1.54, 1.807) is 0 Å². The van der Waals surface area contributed by atoms with Crippen LogP contribution in [-0.2, 0) is 0 Å². The molecular weight excluding hydrogens is 196 g/mol. The zero-order valence-electron chi connectivity index (χ0n) is 10.7. The molecule has 2 aliphatic heterocycles. The van der Waals surface area contributed by atoms with Gasteiger partial charge in [-0.2, -0.15) is 0 Å². The molecule has 2 nitrogen and oxygen atoms in total. The van der Waals surface area contributed by atoms with E-state index in [9.17, 15) is 0 Å². The summed E-state index contributed by atoms with van der Waals surface area (Å²) in [4.78, 5) is 2.77. The van der Waals surface area contributed by atoms with Gasteiger partial charge in [-0.1, -0.05) is 19.8 Å². The predicted molar refractivity (Wildman–Crippen MR) is 67.5 cm³/mol. The van der Waals surface area contributed by atoms with E-state index in [4.69, 9.17) is 0 Å². The molecule has 0 aromatic carbocycles. The second-order valence-corrected chi connectivity index (χ2v) is 6.57. The van der Waals surface area contributed by atoms with E-state index in [1.165, 1.54) is 64.7 Å². The normalized spacial score (nSPS) is 32.8. The second-order valence-electron chi connectivity index (χ2n) is 6.57. The highest BCUT2D eigenvalue weighted by atomic mass is 15.2. The minimum Gasteiger partial charge on any atom is -0.317 e. The van der Waals surface area contributed by atoms with Crippen molar-refractivity contribution in [3.63, 3.8) is 0 Å². The molecule has 0 amide bonds. The zero-order chi connectivity index (χ0) is 11.0. The van der Waals surface area contributed by atoms with Crippen LogP contribution in [0.5, 0.6) is 0 Å².